The van der Waals surface area contributed by atoms with Crippen LogP contribution in [0.2, 0.25) is 0 Å². The highest BCUT2D eigenvalue weighted by molar-refractivity contribution is 5.89. The van der Waals surface area contributed by atoms with Gasteiger partial charge in [0.2, 0.25) is 11.8 Å². The molecule has 2 fully saturated rings. The first-order valence-electron chi connectivity index (χ1n) is 6.35. The number of methoxy groups -OCH3 is 1. The van der Waals surface area contributed by atoms with Crippen molar-refractivity contribution in [3.8, 4) is 0 Å². The van der Waals surface area contributed by atoms with E-state index in [1.54, 1.807) is 0 Å². The summed E-state index contributed by atoms with van der Waals surface area (Å²) >= 11 is 0. The molecule has 0 aromatic heterocycles. The fourth-order valence-corrected chi connectivity index (χ4v) is 2.60. The highest BCUT2D eigenvalue weighted by atomic mass is 16.5. The Kier molecular flexibility index (Phi) is 4.04. The average Bonchev–Trinajstić information content (AvgIpc) is 2.96. The van der Waals surface area contributed by atoms with Gasteiger partial charge in [-0.15, -0.1) is 0 Å². The van der Waals surface area contributed by atoms with Crippen LogP contribution in [-0.2, 0) is 19.1 Å². The summed E-state index contributed by atoms with van der Waals surface area (Å²) < 4.78 is 5.13. The predicted molar refractivity (Wildman–Crippen MR) is 64.4 cm³/mol. The van der Waals surface area contributed by atoms with E-state index >= 15 is 0 Å². The van der Waals surface area contributed by atoms with E-state index in [2.05, 4.69) is 0 Å². The van der Waals surface area contributed by atoms with E-state index in [-0.39, 0.29) is 31.0 Å². The van der Waals surface area contributed by atoms with Crippen molar-refractivity contribution >= 4 is 17.8 Å². The highest BCUT2D eigenvalue weighted by Gasteiger charge is 2.40. The molecule has 2 amide bonds. The maximum absolute atomic E-state index is 12.1. The van der Waals surface area contributed by atoms with E-state index in [1.165, 1.54) is 16.9 Å². The number of hydrogen-bond donors (Lipinski definition) is 1. The molecule has 2 aliphatic rings. The summed E-state index contributed by atoms with van der Waals surface area (Å²) in [5.74, 6) is -1.38. The van der Waals surface area contributed by atoms with E-state index in [9.17, 15) is 14.4 Å². The number of ether oxygens (including phenoxy) is 1. The van der Waals surface area contributed by atoms with E-state index in [0.717, 1.165) is 6.42 Å². The third-order valence-corrected chi connectivity index (χ3v) is 3.70. The third-order valence-electron chi connectivity index (χ3n) is 3.70. The molecule has 2 rings (SSSR count). The van der Waals surface area contributed by atoms with Gasteiger partial charge in [-0.1, -0.05) is 0 Å². The van der Waals surface area contributed by atoms with Gasteiger partial charge in [0.05, 0.1) is 12.6 Å². The Labute approximate surface area is 111 Å². The second-order valence-electron chi connectivity index (χ2n) is 4.91. The van der Waals surface area contributed by atoms with Crippen LogP contribution < -0.4 is 0 Å². The zero-order chi connectivity index (χ0) is 14.0. The average molecular weight is 270 g/mol. The standard InChI is InChI=1S/C12H18N2O5/c1-19-8-5-9(12(17)18)14(6-8)11(16)7-13-4-2-3-10(13)15/h8-9H,2-7H2,1H3,(H,17,18). The van der Waals surface area contributed by atoms with Crippen LogP contribution in [0.1, 0.15) is 19.3 Å². The molecular weight excluding hydrogens is 252 g/mol. The predicted octanol–water partition coefficient (Wildman–Crippen LogP) is -0.691. The monoisotopic (exact) mass is 270 g/mol. The molecule has 0 aliphatic carbocycles. The fraction of sp³-hybridized carbons (Fsp3) is 0.750. The second-order valence-corrected chi connectivity index (χ2v) is 4.91. The van der Waals surface area contributed by atoms with Gasteiger partial charge >= 0.3 is 5.97 Å². The van der Waals surface area contributed by atoms with Gasteiger partial charge in [-0.05, 0) is 6.42 Å². The molecule has 7 heteroatoms. The van der Waals surface area contributed by atoms with Crippen LogP contribution in [0.25, 0.3) is 0 Å². The first kappa shape index (κ1) is 13.8. The molecule has 2 heterocycles. The second kappa shape index (κ2) is 5.56. The lowest BCUT2D eigenvalue weighted by Gasteiger charge is -2.24. The topological polar surface area (TPSA) is 87.2 Å². The number of likely N-dealkylation sites (tertiary alicyclic amines) is 2. The molecular formula is C12H18N2O5. The minimum atomic E-state index is -1.03. The molecule has 106 valence electrons. The largest absolute Gasteiger partial charge is 0.480 e. The lowest BCUT2D eigenvalue weighted by Crippen LogP contribution is -2.46. The molecule has 2 aliphatic heterocycles. The van der Waals surface area contributed by atoms with Crippen LogP contribution in [0.4, 0.5) is 0 Å². The number of nitrogens with zero attached hydrogens (tertiary/aromatic N) is 2. The summed E-state index contributed by atoms with van der Waals surface area (Å²) in [5.41, 5.74) is 0. The van der Waals surface area contributed by atoms with Crippen LogP contribution in [0, 0.1) is 0 Å². The number of hydrogen-bond acceptors (Lipinski definition) is 4. The molecule has 2 unspecified atom stereocenters. The Balaban J connectivity index is 2.00. The number of carboxylic acids is 1. The van der Waals surface area contributed by atoms with E-state index in [0.29, 0.717) is 19.4 Å². The Morgan fingerprint density at radius 1 is 1.47 bits per heavy atom. The van der Waals surface area contributed by atoms with Gasteiger partial charge in [-0.2, -0.15) is 0 Å². The number of aliphatic carboxylic acids is 1. The smallest absolute Gasteiger partial charge is 0.326 e. The van der Waals surface area contributed by atoms with Crippen LogP contribution in [0.3, 0.4) is 0 Å². The molecule has 2 saturated heterocycles. The molecule has 0 aromatic carbocycles. The zero-order valence-electron chi connectivity index (χ0n) is 10.9. The molecule has 0 aromatic rings. The first-order valence-corrected chi connectivity index (χ1v) is 6.35. The van der Waals surface area contributed by atoms with E-state index < -0.39 is 12.0 Å². The van der Waals surface area contributed by atoms with Crippen molar-refractivity contribution in [2.24, 2.45) is 0 Å². The molecule has 0 bridgehead atoms. The minimum absolute atomic E-state index is 0.0287. The molecule has 2 atom stereocenters. The Morgan fingerprint density at radius 2 is 2.21 bits per heavy atom. The van der Waals surface area contributed by atoms with Crippen molar-refractivity contribution in [3.05, 3.63) is 0 Å². The molecule has 1 N–H and O–H groups in total. The maximum atomic E-state index is 12.1. The van der Waals surface area contributed by atoms with Gasteiger partial charge < -0.3 is 19.6 Å². The van der Waals surface area contributed by atoms with Gasteiger partial charge in [-0.25, -0.2) is 4.79 Å². The first-order chi connectivity index (χ1) is 9.02. The number of carboxylic acid groups (broad SMARTS) is 1. The van der Waals surface area contributed by atoms with Crippen LogP contribution in [0.15, 0.2) is 0 Å². The van der Waals surface area contributed by atoms with E-state index in [4.69, 9.17) is 9.84 Å². The lowest BCUT2D eigenvalue weighted by molar-refractivity contribution is -0.149. The van der Waals surface area contributed by atoms with Crippen LogP contribution >= 0.6 is 0 Å². The van der Waals surface area contributed by atoms with Gasteiger partial charge in [0.15, 0.2) is 0 Å². The van der Waals surface area contributed by atoms with Gasteiger partial charge in [0, 0.05) is 33.0 Å². The van der Waals surface area contributed by atoms with Crippen LogP contribution in [-0.4, -0.2) is 71.6 Å². The van der Waals surface area contributed by atoms with Gasteiger partial charge in [0.1, 0.15) is 6.04 Å². The Bertz CT molecular complexity index is 398. The molecule has 0 spiro atoms. The van der Waals surface area contributed by atoms with Gasteiger partial charge in [0.25, 0.3) is 0 Å². The van der Waals surface area contributed by atoms with Crippen molar-refractivity contribution in [1.82, 2.24) is 9.80 Å². The number of amides is 2. The van der Waals surface area contributed by atoms with Gasteiger partial charge in [-0.3, -0.25) is 9.59 Å². The van der Waals surface area contributed by atoms with Crippen molar-refractivity contribution in [1.29, 1.82) is 0 Å². The normalized spacial score (nSPS) is 27.1. The SMILES string of the molecule is COC1CC(C(=O)O)N(C(=O)CN2CCCC2=O)C1. The third kappa shape index (κ3) is 2.86. The Morgan fingerprint density at radius 3 is 2.74 bits per heavy atom. The van der Waals surface area contributed by atoms with Crippen LogP contribution in [0.5, 0.6) is 0 Å². The lowest BCUT2D eigenvalue weighted by atomic mass is 10.2. The van der Waals surface area contributed by atoms with E-state index in [1.807, 2.05) is 0 Å². The highest BCUT2D eigenvalue weighted by Crippen LogP contribution is 2.21. The number of carbonyl (C=O) groups is 3. The maximum Gasteiger partial charge on any atom is 0.326 e. The Hall–Kier alpha value is -1.63. The molecule has 7 nitrogen and oxygen atoms in total. The molecule has 19 heavy (non-hydrogen) atoms. The van der Waals surface area contributed by atoms with Crippen molar-refractivity contribution < 1.29 is 24.2 Å². The summed E-state index contributed by atoms with van der Waals surface area (Å²) in [6, 6.07) is -0.852. The summed E-state index contributed by atoms with van der Waals surface area (Å²) in [6.07, 6.45) is 1.27. The summed E-state index contributed by atoms with van der Waals surface area (Å²) in [7, 11) is 1.50. The number of rotatable bonds is 4. The fourth-order valence-electron chi connectivity index (χ4n) is 2.60. The van der Waals surface area contributed by atoms with Crippen molar-refractivity contribution in [2.45, 2.75) is 31.4 Å². The van der Waals surface area contributed by atoms with Crippen molar-refractivity contribution in [2.75, 3.05) is 26.7 Å². The summed E-state index contributed by atoms with van der Waals surface area (Å²) in [4.78, 5) is 37.6. The summed E-state index contributed by atoms with van der Waals surface area (Å²) in [5, 5.41) is 9.13. The number of carbonyl (C=O) groups excluding carboxylic acids is 2. The minimum Gasteiger partial charge on any atom is -0.480 e. The summed E-state index contributed by atoms with van der Waals surface area (Å²) in [6.45, 7) is 0.817. The zero-order valence-corrected chi connectivity index (χ0v) is 10.9. The quantitative estimate of drug-likeness (QED) is 0.730. The van der Waals surface area contributed by atoms with Crippen molar-refractivity contribution in [3.63, 3.8) is 0 Å². The molecule has 0 saturated carbocycles. The molecule has 0 radical (unpaired) electrons.